The summed E-state index contributed by atoms with van der Waals surface area (Å²) in [6.07, 6.45) is -2.63. The van der Waals surface area contributed by atoms with Crippen molar-refractivity contribution in [2.75, 3.05) is 16.6 Å². The van der Waals surface area contributed by atoms with Gasteiger partial charge in [-0.25, -0.2) is 21.6 Å². The Balaban J connectivity index is 1.86. The fraction of sp³-hybridized carbons (Fsp3) is 0.368. The molecule has 4 rings (SSSR count). The van der Waals surface area contributed by atoms with Gasteiger partial charge in [-0.15, -0.1) is 0 Å². The van der Waals surface area contributed by atoms with Gasteiger partial charge in [0.25, 0.3) is 0 Å². The second kappa shape index (κ2) is 7.61. The van der Waals surface area contributed by atoms with Gasteiger partial charge in [-0.2, -0.15) is 0 Å². The lowest BCUT2D eigenvalue weighted by molar-refractivity contribution is -0.0129. The third-order valence-corrected chi connectivity index (χ3v) is 7.80. The van der Waals surface area contributed by atoms with Crippen LogP contribution < -0.4 is 20.2 Å². The standard InChI is InChI=1S/C19H20BF3N2O5S/c20-9-1-2-12(10(21)5-9)24-18-16(23)11(22)6-15-17(18)25-31(28,29)19(3-4-19)7-13(26)14(27)8-30-15/h1-2,5-6,13-14,24-27H,3-4,7-8,20H2. The van der Waals surface area contributed by atoms with Crippen molar-refractivity contribution in [1.82, 2.24) is 0 Å². The molecule has 0 amide bonds. The van der Waals surface area contributed by atoms with Crippen molar-refractivity contribution >= 4 is 40.4 Å². The Morgan fingerprint density at radius 1 is 1.13 bits per heavy atom. The number of aliphatic hydroxyl groups is 2. The number of nitrogens with one attached hydrogen (secondary N) is 2. The van der Waals surface area contributed by atoms with Crippen molar-refractivity contribution in [3.63, 3.8) is 0 Å². The van der Waals surface area contributed by atoms with Gasteiger partial charge in [-0.1, -0.05) is 11.5 Å². The predicted molar refractivity (Wildman–Crippen MR) is 111 cm³/mol. The lowest BCUT2D eigenvalue weighted by atomic mass is 9.96. The average molecular weight is 456 g/mol. The lowest BCUT2D eigenvalue weighted by Crippen LogP contribution is -2.41. The van der Waals surface area contributed by atoms with Crippen LogP contribution in [0.5, 0.6) is 5.75 Å². The third kappa shape index (κ3) is 3.95. The number of anilines is 3. The predicted octanol–water partition coefficient (Wildman–Crippen LogP) is 0.884. The van der Waals surface area contributed by atoms with Gasteiger partial charge in [-0.3, -0.25) is 4.72 Å². The van der Waals surface area contributed by atoms with E-state index in [1.807, 2.05) is 0 Å². The van der Waals surface area contributed by atoms with Crippen molar-refractivity contribution in [3.05, 3.63) is 41.7 Å². The lowest BCUT2D eigenvalue weighted by Gasteiger charge is -2.28. The second-order valence-corrected chi connectivity index (χ2v) is 10.0. The van der Waals surface area contributed by atoms with Gasteiger partial charge in [0.2, 0.25) is 10.0 Å². The Bertz CT molecular complexity index is 1140. The maximum atomic E-state index is 14.8. The number of benzene rings is 2. The Morgan fingerprint density at radius 3 is 2.48 bits per heavy atom. The SMILES string of the molecule is Bc1ccc(Nc2c(F)c(F)cc3c2NS(=O)(=O)C2(CC2)CC(O)C(O)CO3)c(F)c1. The van der Waals surface area contributed by atoms with Crippen molar-refractivity contribution in [2.24, 2.45) is 0 Å². The summed E-state index contributed by atoms with van der Waals surface area (Å²) in [4.78, 5) is 0. The molecule has 2 aromatic rings. The molecule has 2 unspecified atom stereocenters. The van der Waals surface area contributed by atoms with Crippen LogP contribution in [0.1, 0.15) is 19.3 Å². The molecular formula is C19H20BF3N2O5S. The Kier molecular flexibility index (Phi) is 5.35. The molecule has 1 heterocycles. The highest BCUT2D eigenvalue weighted by Gasteiger charge is 2.56. The van der Waals surface area contributed by atoms with Crippen LogP contribution >= 0.6 is 0 Å². The summed E-state index contributed by atoms with van der Waals surface area (Å²) < 4.78 is 75.7. The van der Waals surface area contributed by atoms with E-state index < -0.39 is 68.2 Å². The van der Waals surface area contributed by atoms with Crippen LogP contribution in [0.2, 0.25) is 0 Å². The number of halogens is 3. The molecule has 4 N–H and O–H groups in total. The summed E-state index contributed by atoms with van der Waals surface area (Å²) in [5.74, 6) is -3.98. The molecule has 2 aromatic carbocycles. The number of fused-ring (bicyclic) bond motifs is 1. The summed E-state index contributed by atoms with van der Waals surface area (Å²) in [7, 11) is -2.56. The maximum absolute atomic E-state index is 14.8. The molecule has 2 atom stereocenters. The van der Waals surface area contributed by atoms with E-state index in [-0.39, 0.29) is 24.9 Å². The van der Waals surface area contributed by atoms with Crippen LogP contribution in [-0.4, -0.2) is 50.0 Å². The van der Waals surface area contributed by atoms with E-state index in [1.54, 1.807) is 13.9 Å². The molecule has 12 heteroatoms. The highest BCUT2D eigenvalue weighted by Crippen LogP contribution is 2.50. The molecule has 7 nitrogen and oxygen atoms in total. The first kappa shape index (κ1) is 21.8. The summed E-state index contributed by atoms with van der Waals surface area (Å²) in [6, 6.07) is 4.65. The summed E-state index contributed by atoms with van der Waals surface area (Å²) in [6.45, 7) is -0.491. The first-order valence-corrected chi connectivity index (χ1v) is 11.1. The molecule has 0 saturated heterocycles. The zero-order valence-corrected chi connectivity index (χ0v) is 17.3. The largest absolute Gasteiger partial charge is 0.488 e. The molecule has 1 aliphatic carbocycles. The smallest absolute Gasteiger partial charge is 0.238 e. The van der Waals surface area contributed by atoms with Crippen LogP contribution in [0.3, 0.4) is 0 Å². The van der Waals surface area contributed by atoms with Gasteiger partial charge < -0.3 is 20.3 Å². The first-order chi connectivity index (χ1) is 14.5. The Morgan fingerprint density at radius 2 is 1.84 bits per heavy atom. The van der Waals surface area contributed by atoms with Crippen LogP contribution in [0.15, 0.2) is 24.3 Å². The van der Waals surface area contributed by atoms with Crippen molar-refractivity contribution in [2.45, 2.75) is 36.2 Å². The van der Waals surface area contributed by atoms with Crippen molar-refractivity contribution in [3.8, 4) is 5.75 Å². The molecule has 1 fully saturated rings. The Labute approximate surface area is 177 Å². The van der Waals surface area contributed by atoms with Gasteiger partial charge in [-0.05, 0) is 31.4 Å². The fourth-order valence-electron chi connectivity index (χ4n) is 3.56. The minimum absolute atomic E-state index is 0.204. The monoisotopic (exact) mass is 456 g/mol. The molecule has 166 valence electrons. The van der Waals surface area contributed by atoms with Crippen molar-refractivity contribution in [1.29, 1.82) is 0 Å². The van der Waals surface area contributed by atoms with E-state index in [0.717, 1.165) is 0 Å². The average Bonchev–Trinajstić information content (AvgIpc) is 3.48. The number of hydrogen-bond acceptors (Lipinski definition) is 6. The van der Waals surface area contributed by atoms with Crippen LogP contribution in [0, 0.1) is 17.5 Å². The van der Waals surface area contributed by atoms with E-state index in [1.165, 1.54) is 12.1 Å². The van der Waals surface area contributed by atoms with Gasteiger partial charge >= 0.3 is 0 Å². The normalized spacial score (nSPS) is 23.9. The molecule has 1 spiro atoms. The van der Waals surface area contributed by atoms with Crippen LogP contribution in [0.4, 0.5) is 30.2 Å². The topological polar surface area (TPSA) is 108 Å². The number of rotatable bonds is 2. The highest BCUT2D eigenvalue weighted by molar-refractivity contribution is 7.94. The Hall–Kier alpha value is -2.44. The van der Waals surface area contributed by atoms with Gasteiger partial charge in [0.05, 0.1) is 16.5 Å². The third-order valence-electron chi connectivity index (χ3n) is 5.62. The van der Waals surface area contributed by atoms with Gasteiger partial charge in [0.1, 0.15) is 43.5 Å². The second-order valence-electron chi connectivity index (χ2n) is 7.97. The molecule has 31 heavy (non-hydrogen) atoms. The molecule has 1 aliphatic heterocycles. The van der Waals surface area contributed by atoms with Crippen LogP contribution in [0.25, 0.3) is 0 Å². The molecule has 1 saturated carbocycles. The van der Waals surface area contributed by atoms with E-state index in [4.69, 9.17) is 4.74 Å². The minimum atomic E-state index is -4.20. The molecule has 2 aliphatic rings. The van der Waals surface area contributed by atoms with E-state index >= 15 is 0 Å². The highest BCUT2D eigenvalue weighted by atomic mass is 32.2. The number of ether oxygens (including phenoxy) is 1. The minimum Gasteiger partial charge on any atom is -0.488 e. The zero-order valence-electron chi connectivity index (χ0n) is 16.5. The molecule has 0 aromatic heterocycles. The quantitative estimate of drug-likeness (QED) is 0.500. The van der Waals surface area contributed by atoms with Crippen molar-refractivity contribution < 1.29 is 36.5 Å². The van der Waals surface area contributed by atoms with E-state index in [9.17, 15) is 31.8 Å². The fourth-order valence-corrected chi connectivity index (χ4v) is 5.28. The summed E-state index contributed by atoms with van der Waals surface area (Å²) >= 11 is 0. The van der Waals surface area contributed by atoms with E-state index in [2.05, 4.69) is 10.0 Å². The summed E-state index contributed by atoms with van der Waals surface area (Å²) in [5, 5.41) is 22.7. The maximum Gasteiger partial charge on any atom is 0.238 e. The zero-order chi connectivity index (χ0) is 22.6. The van der Waals surface area contributed by atoms with Crippen LogP contribution in [-0.2, 0) is 10.0 Å². The van der Waals surface area contributed by atoms with E-state index in [0.29, 0.717) is 11.5 Å². The summed E-state index contributed by atoms with van der Waals surface area (Å²) in [5.41, 5.74) is -0.718. The first-order valence-electron chi connectivity index (χ1n) is 9.59. The number of hydrogen-bond donors (Lipinski definition) is 4. The van der Waals surface area contributed by atoms with Gasteiger partial charge in [0, 0.05) is 6.07 Å². The van der Waals surface area contributed by atoms with Gasteiger partial charge in [0.15, 0.2) is 11.6 Å². The number of aliphatic hydroxyl groups excluding tert-OH is 2. The molecular weight excluding hydrogens is 436 g/mol. The number of sulfonamides is 1. The molecule has 0 bridgehead atoms. The molecule has 0 radical (unpaired) electrons.